The van der Waals surface area contributed by atoms with Crippen LogP contribution in [0.2, 0.25) is 0 Å². The average Bonchev–Trinajstić information content (AvgIpc) is 2.10. The largest absolute Gasteiger partial charge is 0.385 e. The number of rotatable bonds is 8. The maximum atomic E-state index is 5.33. The van der Waals surface area contributed by atoms with Crippen LogP contribution in [0.4, 0.5) is 0 Å². The van der Waals surface area contributed by atoms with Crippen LogP contribution >= 0.6 is 0 Å². The molecule has 0 aromatic rings. The standard InChI is InChI=1S/C9H21NO2/c1-4-10-9(6-7-11-3)8-12-5-2/h9-10H,4-8H2,1-3H3. The zero-order valence-corrected chi connectivity index (χ0v) is 8.43. The molecular formula is C9H21NO2. The van der Waals surface area contributed by atoms with Gasteiger partial charge in [0.05, 0.1) is 6.61 Å². The molecule has 0 saturated carbocycles. The van der Waals surface area contributed by atoms with Crippen molar-refractivity contribution in [1.29, 1.82) is 0 Å². The van der Waals surface area contributed by atoms with Crippen LogP contribution in [0.1, 0.15) is 20.3 Å². The van der Waals surface area contributed by atoms with Gasteiger partial charge in [0, 0.05) is 26.4 Å². The summed E-state index contributed by atoms with van der Waals surface area (Å²) in [6, 6.07) is 0.440. The molecule has 0 aromatic heterocycles. The van der Waals surface area contributed by atoms with E-state index in [2.05, 4.69) is 12.2 Å². The second-order valence-corrected chi connectivity index (χ2v) is 2.70. The molecule has 12 heavy (non-hydrogen) atoms. The Bertz CT molecular complexity index is 80.6. The first-order valence-corrected chi connectivity index (χ1v) is 4.65. The highest BCUT2D eigenvalue weighted by molar-refractivity contribution is 4.64. The van der Waals surface area contributed by atoms with Gasteiger partial charge in [-0.05, 0) is 19.9 Å². The molecule has 1 N–H and O–H groups in total. The number of hydrogen-bond donors (Lipinski definition) is 1. The van der Waals surface area contributed by atoms with Crippen molar-refractivity contribution in [2.24, 2.45) is 0 Å². The molecular weight excluding hydrogens is 154 g/mol. The fraction of sp³-hybridized carbons (Fsp3) is 1.00. The highest BCUT2D eigenvalue weighted by atomic mass is 16.5. The van der Waals surface area contributed by atoms with Crippen LogP contribution in [0.25, 0.3) is 0 Å². The molecule has 0 bridgehead atoms. The Labute approximate surface area is 75.4 Å². The molecule has 1 atom stereocenters. The molecule has 1 unspecified atom stereocenters. The Morgan fingerprint density at radius 1 is 1.33 bits per heavy atom. The third-order valence-corrected chi connectivity index (χ3v) is 1.69. The third-order valence-electron chi connectivity index (χ3n) is 1.69. The normalized spacial score (nSPS) is 13.2. The lowest BCUT2D eigenvalue weighted by Gasteiger charge is -2.16. The van der Waals surface area contributed by atoms with E-state index in [4.69, 9.17) is 9.47 Å². The lowest BCUT2D eigenvalue weighted by molar-refractivity contribution is 0.104. The van der Waals surface area contributed by atoms with Crippen LogP contribution in [0.5, 0.6) is 0 Å². The van der Waals surface area contributed by atoms with Crippen molar-refractivity contribution in [2.75, 3.05) is 33.5 Å². The Morgan fingerprint density at radius 2 is 2.08 bits per heavy atom. The van der Waals surface area contributed by atoms with Crippen LogP contribution in [0, 0.1) is 0 Å². The molecule has 0 heterocycles. The molecule has 0 aromatic carbocycles. The van der Waals surface area contributed by atoms with E-state index in [1.807, 2.05) is 6.92 Å². The third kappa shape index (κ3) is 6.58. The zero-order valence-electron chi connectivity index (χ0n) is 8.43. The van der Waals surface area contributed by atoms with Gasteiger partial charge in [-0.1, -0.05) is 6.92 Å². The van der Waals surface area contributed by atoms with E-state index in [0.717, 1.165) is 32.8 Å². The molecule has 3 nitrogen and oxygen atoms in total. The van der Waals surface area contributed by atoms with E-state index < -0.39 is 0 Å². The van der Waals surface area contributed by atoms with Crippen LogP contribution in [-0.4, -0.2) is 39.5 Å². The molecule has 0 aliphatic heterocycles. The summed E-state index contributed by atoms with van der Waals surface area (Å²) in [5, 5.41) is 3.35. The molecule has 74 valence electrons. The molecule has 0 radical (unpaired) electrons. The van der Waals surface area contributed by atoms with E-state index in [1.165, 1.54) is 0 Å². The van der Waals surface area contributed by atoms with Gasteiger partial charge in [0.2, 0.25) is 0 Å². The van der Waals surface area contributed by atoms with Crippen molar-refractivity contribution in [3.8, 4) is 0 Å². The molecule has 0 aliphatic carbocycles. The molecule has 0 fully saturated rings. The first-order valence-electron chi connectivity index (χ1n) is 4.65. The maximum Gasteiger partial charge on any atom is 0.0620 e. The van der Waals surface area contributed by atoms with Gasteiger partial charge in [-0.2, -0.15) is 0 Å². The minimum Gasteiger partial charge on any atom is -0.385 e. The van der Waals surface area contributed by atoms with Crippen LogP contribution < -0.4 is 5.32 Å². The Balaban J connectivity index is 3.40. The van der Waals surface area contributed by atoms with Crippen molar-refractivity contribution in [1.82, 2.24) is 5.32 Å². The molecule has 0 saturated heterocycles. The molecule has 0 aliphatic rings. The SMILES string of the molecule is CCNC(CCOC)COCC. The van der Waals surface area contributed by atoms with Crippen molar-refractivity contribution >= 4 is 0 Å². The van der Waals surface area contributed by atoms with Crippen LogP contribution in [0.3, 0.4) is 0 Å². The summed E-state index contributed by atoms with van der Waals surface area (Å²) in [7, 11) is 1.73. The van der Waals surface area contributed by atoms with Gasteiger partial charge in [0.1, 0.15) is 0 Å². The number of hydrogen-bond acceptors (Lipinski definition) is 3. The van der Waals surface area contributed by atoms with E-state index in [9.17, 15) is 0 Å². The summed E-state index contributed by atoms with van der Waals surface area (Å²) in [5.41, 5.74) is 0. The highest BCUT2D eigenvalue weighted by Crippen LogP contribution is 1.93. The predicted octanol–water partition coefficient (Wildman–Crippen LogP) is 1.04. The maximum absolute atomic E-state index is 5.33. The Morgan fingerprint density at radius 3 is 2.58 bits per heavy atom. The van der Waals surface area contributed by atoms with Crippen LogP contribution in [0.15, 0.2) is 0 Å². The Hall–Kier alpha value is -0.120. The minimum absolute atomic E-state index is 0.440. The van der Waals surface area contributed by atoms with Crippen molar-refractivity contribution < 1.29 is 9.47 Å². The average molecular weight is 175 g/mol. The van der Waals surface area contributed by atoms with Gasteiger partial charge in [-0.3, -0.25) is 0 Å². The zero-order chi connectivity index (χ0) is 9.23. The fourth-order valence-corrected chi connectivity index (χ4v) is 1.05. The van der Waals surface area contributed by atoms with Gasteiger partial charge < -0.3 is 14.8 Å². The second kappa shape index (κ2) is 8.97. The monoisotopic (exact) mass is 175 g/mol. The van der Waals surface area contributed by atoms with Crippen molar-refractivity contribution in [3.05, 3.63) is 0 Å². The molecule has 0 spiro atoms. The summed E-state index contributed by atoms with van der Waals surface area (Å²) in [6.07, 6.45) is 1.02. The first kappa shape index (κ1) is 11.9. The lowest BCUT2D eigenvalue weighted by atomic mass is 10.2. The fourth-order valence-electron chi connectivity index (χ4n) is 1.05. The summed E-state index contributed by atoms with van der Waals surface area (Å²) >= 11 is 0. The molecule has 3 heteroatoms. The Kier molecular flexibility index (Phi) is 8.88. The van der Waals surface area contributed by atoms with Crippen molar-refractivity contribution in [3.63, 3.8) is 0 Å². The van der Waals surface area contributed by atoms with E-state index in [0.29, 0.717) is 6.04 Å². The smallest absolute Gasteiger partial charge is 0.0620 e. The number of nitrogens with one attached hydrogen (secondary N) is 1. The summed E-state index contributed by atoms with van der Waals surface area (Å²) in [4.78, 5) is 0. The van der Waals surface area contributed by atoms with Gasteiger partial charge in [0.15, 0.2) is 0 Å². The van der Waals surface area contributed by atoms with E-state index >= 15 is 0 Å². The van der Waals surface area contributed by atoms with Crippen molar-refractivity contribution in [2.45, 2.75) is 26.3 Å². The summed E-state index contributed by atoms with van der Waals surface area (Å²) in [6.45, 7) is 7.47. The molecule has 0 amide bonds. The second-order valence-electron chi connectivity index (χ2n) is 2.70. The van der Waals surface area contributed by atoms with E-state index in [1.54, 1.807) is 7.11 Å². The first-order chi connectivity index (χ1) is 5.85. The number of methoxy groups -OCH3 is 1. The summed E-state index contributed by atoms with van der Waals surface area (Å²) in [5.74, 6) is 0. The van der Waals surface area contributed by atoms with Gasteiger partial charge >= 0.3 is 0 Å². The quantitative estimate of drug-likeness (QED) is 0.598. The summed E-state index contributed by atoms with van der Waals surface area (Å²) < 4.78 is 10.3. The van der Waals surface area contributed by atoms with Gasteiger partial charge in [-0.25, -0.2) is 0 Å². The van der Waals surface area contributed by atoms with E-state index in [-0.39, 0.29) is 0 Å². The van der Waals surface area contributed by atoms with Crippen LogP contribution in [-0.2, 0) is 9.47 Å². The van der Waals surface area contributed by atoms with Gasteiger partial charge in [0.25, 0.3) is 0 Å². The van der Waals surface area contributed by atoms with Gasteiger partial charge in [-0.15, -0.1) is 0 Å². The predicted molar refractivity (Wildman–Crippen MR) is 50.5 cm³/mol. The highest BCUT2D eigenvalue weighted by Gasteiger charge is 2.05. The lowest BCUT2D eigenvalue weighted by Crippen LogP contribution is -2.34. The number of ether oxygens (including phenoxy) is 2. The molecule has 0 rings (SSSR count). The topological polar surface area (TPSA) is 30.5 Å². The number of likely N-dealkylation sites (N-methyl/N-ethyl adjacent to an activating group) is 1. The minimum atomic E-state index is 0.440.